The largest absolute Gasteiger partial charge is 0.409 e. The summed E-state index contributed by atoms with van der Waals surface area (Å²) in [6.45, 7) is 4.59. The van der Waals surface area contributed by atoms with Crippen LogP contribution in [0, 0.1) is 5.41 Å². The van der Waals surface area contributed by atoms with Crippen molar-refractivity contribution >= 4 is 5.84 Å². The highest BCUT2D eigenvalue weighted by Gasteiger charge is 2.25. The van der Waals surface area contributed by atoms with E-state index in [0.717, 1.165) is 6.42 Å². The van der Waals surface area contributed by atoms with Crippen molar-refractivity contribution in [2.75, 3.05) is 6.61 Å². The Bertz CT molecular complexity index is 210. The Kier molecular flexibility index (Phi) is 3.75. The zero-order valence-corrected chi connectivity index (χ0v) is 8.99. The molecule has 1 aliphatic carbocycles. The highest BCUT2D eigenvalue weighted by atomic mass is 16.5. The smallest absolute Gasteiger partial charge is 0.144 e. The van der Waals surface area contributed by atoms with Crippen LogP contribution in [0.2, 0.25) is 0 Å². The Morgan fingerprint density at radius 3 is 2.64 bits per heavy atom. The number of ether oxygens (including phenoxy) is 1. The number of rotatable bonds is 5. The highest BCUT2D eigenvalue weighted by Crippen LogP contribution is 2.25. The van der Waals surface area contributed by atoms with Crippen LogP contribution in [0.3, 0.4) is 0 Å². The summed E-state index contributed by atoms with van der Waals surface area (Å²) < 4.78 is 5.62. The Labute approximate surface area is 85.1 Å². The first-order valence-corrected chi connectivity index (χ1v) is 5.16. The molecule has 4 nitrogen and oxygen atoms in total. The van der Waals surface area contributed by atoms with Gasteiger partial charge in [-0.25, -0.2) is 0 Å². The molecule has 0 atom stereocenters. The lowest BCUT2D eigenvalue weighted by atomic mass is 9.88. The van der Waals surface area contributed by atoms with Gasteiger partial charge in [-0.3, -0.25) is 0 Å². The van der Waals surface area contributed by atoms with Crippen LogP contribution in [0.5, 0.6) is 0 Å². The molecule has 1 aliphatic rings. The monoisotopic (exact) mass is 200 g/mol. The van der Waals surface area contributed by atoms with Gasteiger partial charge < -0.3 is 15.7 Å². The van der Waals surface area contributed by atoms with Crippen LogP contribution in [-0.2, 0) is 4.74 Å². The van der Waals surface area contributed by atoms with E-state index in [4.69, 9.17) is 15.7 Å². The highest BCUT2D eigenvalue weighted by molar-refractivity contribution is 5.85. The standard InChI is InChI=1S/C10H20N2O2/c1-10(2,9(11)12-13)6-7-14-8-4-3-5-8/h8,13H,3-7H2,1-2H3,(H2,11,12). The van der Waals surface area contributed by atoms with E-state index in [9.17, 15) is 0 Å². The number of hydrogen-bond acceptors (Lipinski definition) is 3. The second-order valence-corrected chi connectivity index (χ2v) is 4.54. The van der Waals surface area contributed by atoms with E-state index >= 15 is 0 Å². The summed E-state index contributed by atoms with van der Waals surface area (Å²) in [5.74, 6) is 0.273. The molecule has 0 spiro atoms. The lowest BCUT2D eigenvalue weighted by molar-refractivity contribution is -0.00521. The van der Waals surface area contributed by atoms with Crippen LogP contribution in [0.4, 0.5) is 0 Å². The third kappa shape index (κ3) is 2.87. The maximum absolute atomic E-state index is 8.56. The molecule has 0 saturated heterocycles. The van der Waals surface area contributed by atoms with E-state index in [1.54, 1.807) is 0 Å². The van der Waals surface area contributed by atoms with E-state index in [1.807, 2.05) is 13.8 Å². The van der Waals surface area contributed by atoms with Gasteiger partial charge in [0.25, 0.3) is 0 Å². The second-order valence-electron chi connectivity index (χ2n) is 4.54. The van der Waals surface area contributed by atoms with E-state index in [0.29, 0.717) is 12.7 Å². The van der Waals surface area contributed by atoms with Crippen LogP contribution >= 0.6 is 0 Å². The zero-order chi connectivity index (χ0) is 10.6. The minimum atomic E-state index is -0.279. The predicted molar refractivity (Wildman–Crippen MR) is 55.4 cm³/mol. The minimum Gasteiger partial charge on any atom is -0.409 e. The van der Waals surface area contributed by atoms with Crippen molar-refractivity contribution < 1.29 is 9.94 Å². The zero-order valence-electron chi connectivity index (χ0n) is 8.99. The van der Waals surface area contributed by atoms with E-state index in [2.05, 4.69) is 5.16 Å². The Hall–Kier alpha value is -0.770. The number of hydrogen-bond donors (Lipinski definition) is 2. The number of amidine groups is 1. The lowest BCUT2D eigenvalue weighted by Crippen LogP contribution is -2.34. The fourth-order valence-corrected chi connectivity index (χ4v) is 1.28. The van der Waals surface area contributed by atoms with Gasteiger partial charge >= 0.3 is 0 Å². The summed E-state index contributed by atoms with van der Waals surface area (Å²) in [6.07, 6.45) is 4.90. The molecule has 82 valence electrons. The summed E-state index contributed by atoms with van der Waals surface area (Å²) in [7, 11) is 0. The van der Waals surface area contributed by atoms with Crippen LogP contribution in [-0.4, -0.2) is 23.8 Å². The normalized spacial score (nSPS) is 19.4. The van der Waals surface area contributed by atoms with Gasteiger partial charge in [-0.15, -0.1) is 0 Å². The van der Waals surface area contributed by atoms with E-state index in [1.165, 1.54) is 19.3 Å². The van der Waals surface area contributed by atoms with Gasteiger partial charge in [0.15, 0.2) is 0 Å². The number of nitrogens with two attached hydrogens (primary N) is 1. The van der Waals surface area contributed by atoms with Gasteiger partial charge in [0.1, 0.15) is 5.84 Å². The third-order valence-electron chi connectivity index (χ3n) is 2.93. The first kappa shape index (κ1) is 11.3. The summed E-state index contributed by atoms with van der Waals surface area (Å²) >= 11 is 0. The maximum Gasteiger partial charge on any atom is 0.144 e. The van der Waals surface area contributed by atoms with Gasteiger partial charge in [0.2, 0.25) is 0 Å². The van der Waals surface area contributed by atoms with Gasteiger partial charge in [-0.05, 0) is 25.7 Å². The summed E-state index contributed by atoms with van der Waals surface area (Å²) in [6, 6.07) is 0. The van der Waals surface area contributed by atoms with Crippen molar-refractivity contribution in [2.45, 2.75) is 45.6 Å². The third-order valence-corrected chi connectivity index (χ3v) is 2.93. The number of oxime groups is 1. The van der Waals surface area contributed by atoms with Crippen LogP contribution in [0.1, 0.15) is 39.5 Å². The van der Waals surface area contributed by atoms with Crippen molar-refractivity contribution in [2.24, 2.45) is 16.3 Å². The molecule has 1 rings (SSSR count). The fourth-order valence-electron chi connectivity index (χ4n) is 1.28. The molecular formula is C10H20N2O2. The molecule has 0 amide bonds. The van der Waals surface area contributed by atoms with Crippen molar-refractivity contribution in [1.82, 2.24) is 0 Å². The minimum absolute atomic E-state index is 0.273. The predicted octanol–water partition coefficient (Wildman–Crippen LogP) is 1.72. The summed E-state index contributed by atoms with van der Waals surface area (Å²) in [5.41, 5.74) is 5.28. The van der Waals surface area contributed by atoms with Crippen LogP contribution < -0.4 is 5.73 Å². The molecule has 1 fully saturated rings. The topological polar surface area (TPSA) is 67.8 Å². The Morgan fingerprint density at radius 2 is 2.21 bits per heavy atom. The van der Waals surface area contributed by atoms with Crippen molar-refractivity contribution in [3.05, 3.63) is 0 Å². The average Bonchev–Trinajstić information content (AvgIpc) is 2.08. The Morgan fingerprint density at radius 1 is 1.57 bits per heavy atom. The second kappa shape index (κ2) is 4.64. The van der Waals surface area contributed by atoms with Crippen molar-refractivity contribution in [3.63, 3.8) is 0 Å². The quantitative estimate of drug-likeness (QED) is 0.307. The van der Waals surface area contributed by atoms with Gasteiger partial charge in [0.05, 0.1) is 6.10 Å². The van der Waals surface area contributed by atoms with Crippen LogP contribution in [0.25, 0.3) is 0 Å². The van der Waals surface area contributed by atoms with Gasteiger partial charge in [0, 0.05) is 12.0 Å². The molecule has 3 N–H and O–H groups in total. The molecule has 0 unspecified atom stereocenters. The number of nitrogens with zero attached hydrogens (tertiary/aromatic N) is 1. The first-order valence-electron chi connectivity index (χ1n) is 5.16. The maximum atomic E-state index is 8.56. The molecule has 1 saturated carbocycles. The molecule has 4 heteroatoms. The molecule has 0 heterocycles. The molecule has 0 aliphatic heterocycles. The van der Waals surface area contributed by atoms with Gasteiger partial charge in [-0.1, -0.05) is 19.0 Å². The molecule has 0 aromatic carbocycles. The van der Waals surface area contributed by atoms with Gasteiger partial charge in [-0.2, -0.15) is 0 Å². The van der Waals surface area contributed by atoms with Crippen molar-refractivity contribution in [1.29, 1.82) is 0 Å². The molecular weight excluding hydrogens is 180 g/mol. The first-order chi connectivity index (χ1) is 6.56. The SMILES string of the molecule is CC(C)(CCOC1CCC1)C(N)=NO. The van der Waals surface area contributed by atoms with E-state index in [-0.39, 0.29) is 11.3 Å². The summed E-state index contributed by atoms with van der Waals surface area (Å²) in [5, 5.41) is 11.6. The lowest BCUT2D eigenvalue weighted by Gasteiger charge is -2.28. The molecule has 0 radical (unpaired) electrons. The molecule has 0 bridgehead atoms. The molecule has 14 heavy (non-hydrogen) atoms. The fraction of sp³-hybridized carbons (Fsp3) is 0.900. The van der Waals surface area contributed by atoms with E-state index < -0.39 is 0 Å². The summed E-state index contributed by atoms with van der Waals surface area (Å²) in [4.78, 5) is 0. The molecule has 0 aromatic rings. The van der Waals surface area contributed by atoms with Crippen LogP contribution in [0.15, 0.2) is 5.16 Å². The average molecular weight is 200 g/mol. The Balaban J connectivity index is 2.21. The molecule has 0 aromatic heterocycles. The van der Waals surface area contributed by atoms with Crippen molar-refractivity contribution in [3.8, 4) is 0 Å².